The van der Waals surface area contributed by atoms with Gasteiger partial charge in [-0.05, 0) is 33.7 Å². The number of aromatic nitrogens is 2. The molecule has 1 aromatic heterocycles. The molecule has 0 aliphatic heterocycles. The van der Waals surface area contributed by atoms with E-state index in [1.54, 1.807) is 7.11 Å². The molecule has 4 heteroatoms. The van der Waals surface area contributed by atoms with Gasteiger partial charge in [0.25, 0.3) is 0 Å². The number of methoxy groups -OCH3 is 1. The second kappa shape index (κ2) is 6.25. The molecule has 1 rings (SSSR count). The lowest BCUT2D eigenvalue weighted by Gasteiger charge is -2.26. The molecule has 0 saturated carbocycles. The third kappa shape index (κ3) is 3.06. The fourth-order valence-corrected chi connectivity index (χ4v) is 1.88. The summed E-state index contributed by atoms with van der Waals surface area (Å²) >= 11 is 0. The molecule has 0 saturated heterocycles. The van der Waals surface area contributed by atoms with Crippen LogP contribution in [0.1, 0.15) is 50.0 Å². The van der Waals surface area contributed by atoms with Gasteiger partial charge < -0.3 is 10.1 Å². The van der Waals surface area contributed by atoms with Gasteiger partial charge in [-0.25, -0.2) is 9.97 Å². The number of nitrogens with zero attached hydrogens (tertiary/aromatic N) is 2. The zero-order chi connectivity index (χ0) is 13.8. The fourth-order valence-electron chi connectivity index (χ4n) is 1.88. The molecule has 0 fully saturated rings. The summed E-state index contributed by atoms with van der Waals surface area (Å²) in [5.74, 6) is 0.780. The van der Waals surface area contributed by atoms with Gasteiger partial charge in [0.15, 0.2) is 5.82 Å². The highest BCUT2D eigenvalue weighted by molar-refractivity contribution is 5.25. The van der Waals surface area contributed by atoms with Crippen molar-refractivity contribution < 1.29 is 4.74 Å². The molecular weight excluding hydrogens is 226 g/mol. The fraction of sp³-hybridized carbons (Fsp3) is 0.714. The van der Waals surface area contributed by atoms with E-state index in [9.17, 15) is 0 Å². The highest BCUT2D eigenvalue weighted by Gasteiger charge is 2.28. The van der Waals surface area contributed by atoms with Gasteiger partial charge >= 0.3 is 0 Å². The highest BCUT2D eigenvalue weighted by atomic mass is 16.5. The maximum atomic E-state index is 5.56. The third-order valence-corrected chi connectivity index (χ3v) is 3.57. The molecule has 1 aromatic rings. The molecule has 0 spiro atoms. The Morgan fingerprint density at radius 1 is 1.17 bits per heavy atom. The van der Waals surface area contributed by atoms with Crippen molar-refractivity contribution in [3.05, 3.63) is 22.8 Å². The molecule has 0 amide bonds. The predicted molar refractivity (Wildman–Crippen MR) is 73.5 cm³/mol. The lowest BCUT2D eigenvalue weighted by Crippen LogP contribution is -2.28. The van der Waals surface area contributed by atoms with Crippen molar-refractivity contribution in [1.29, 1.82) is 0 Å². The Morgan fingerprint density at radius 2 is 1.72 bits per heavy atom. The van der Waals surface area contributed by atoms with Gasteiger partial charge in [0.1, 0.15) is 5.60 Å². The number of hydrogen-bond donors (Lipinski definition) is 1. The van der Waals surface area contributed by atoms with Crippen LogP contribution in [0.15, 0.2) is 0 Å². The minimum absolute atomic E-state index is 0.397. The lowest BCUT2D eigenvalue weighted by atomic mass is 10.0. The van der Waals surface area contributed by atoms with E-state index in [1.807, 2.05) is 20.8 Å². The summed E-state index contributed by atoms with van der Waals surface area (Å²) in [7, 11) is 1.71. The molecule has 0 aliphatic rings. The quantitative estimate of drug-likeness (QED) is 0.843. The van der Waals surface area contributed by atoms with Crippen LogP contribution in [0.3, 0.4) is 0 Å². The molecule has 102 valence electrons. The van der Waals surface area contributed by atoms with Crippen LogP contribution in [0.25, 0.3) is 0 Å². The molecule has 18 heavy (non-hydrogen) atoms. The van der Waals surface area contributed by atoms with Crippen molar-refractivity contribution in [3.63, 3.8) is 0 Å². The van der Waals surface area contributed by atoms with Gasteiger partial charge in [-0.3, -0.25) is 0 Å². The lowest BCUT2D eigenvalue weighted by molar-refractivity contribution is -0.00928. The van der Waals surface area contributed by atoms with Gasteiger partial charge in [-0.2, -0.15) is 0 Å². The Kier molecular flexibility index (Phi) is 5.23. The Morgan fingerprint density at radius 3 is 2.11 bits per heavy atom. The Labute approximate surface area is 110 Å². The van der Waals surface area contributed by atoms with E-state index in [4.69, 9.17) is 4.74 Å². The highest BCUT2D eigenvalue weighted by Crippen LogP contribution is 2.26. The maximum absolute atomic E-state index is 5.56. The number of rotatable bonds is 6. The van der Waals surface area contributed by atoms with E-state index >= 15 is 0 Å². The van der Waals surface area contributed by atoms with Gasteiger partial charge in [0.2, 0.25) is 0 Å². The van der Waals surface area contributed by atoms with Crippen molar-refractivity contribution in [2.75, 3.05) is 13.7 Å². The van der Waals surface area contributed by atoms with Crippen LogP contribution >= 0.6 is 0 Å². The average Bonchev–Trinajstić information content (AvgIpc) is 2.36. The van der Waals surface area contributed by atoms with Crippen LogP contribution in [-0.4, -0.2) is 23.6 Å². The van der Waals surface area contributed by atoms with Crippen LogP contribution in [0.2, 0.25) is 0 Å². The van der Waals surface area contributed by atoms with Crippen molar-refractivity contribution in [1.82, 2.24) is 15.3 Å². The van der Waals surface area contributed by atoms with E-state index < -0.39 is 5.60 Å². The number of nitrogens with one attached hydrogen (secondary N) is 1. The average molecular weight is 251 g/mol. The zero-order valence-electron chi connectivity index (χ0n) is 12.4. The summed E-state index contributed by atoms with van der Waals surface area (Å²) in [6, 6.07) is 0. The molecule has 0 aromatic carbocycles. The van der Waals surface area contributed by atoms with Gasteiger partial charge in [-0.15, -0.1) is 0 Å². The maximum Gasteiger partial charge on any atom is 0.160 e. The molecule has 1 unspecified atom stereocenters. The van der Waals surface area contributed by atoms with Crippen molar-refractivity contribution >= 4 is 0 Å². The molecule has 1 heterocycles. The van der Waals surface area contributed by atoms with Crippen LogP contribution in [0, 0.1) is 13.8 Å². The number of aryl methyl sites for hydroxylation is 2. The van der Waals surface area contributed by atoms with Gasteiger partial charge in [0, 0.05) is 30.6 Å². The summed E-state index contributed by atoms with van der Waals surface area (Å²) in [4.78, 5) is 9.25. The first-order valence-corrected chi connectivity index (χ1v) is 6.59. The first kappa shape index (κ1) is 15.1. The minimum atomic E-state index is -0.397. The smallest absolute Gasteiger partial charge is 0.160 e. The van der Waals surface area contributed by atoms with Crippen LogP contribution in [0.5, 0.6) is 0 Å². The molecule has 0 bridgehead atoms. The van der Waals surface area contributed by atoms with Crippen molar-refractivity contribution in [2.24, 2.45) is 0 Å². The second-order valence-corrected chi connectivity index (χ2v) is 4.77. The molecule has 1 atom stereocenters. The molecular formula is C14H25N3O. The number of ether oxygens (including phenoxy) is 1. The van der Waals surface area contributed by atoms with E-state index in [2.05, 4.69) is 29.1 Å². The van der Waals surface area contributed by atoms with Crippen molar-refractivity contribution in [3.8, 4) is 0 Å². The van der Waals surface area contributed by atoms with E-state index in [0.29, 0.717) is 0 Å². The first-order valence-electron chi connectivity index (χ1n) is 6.59. The van der Waals surface area contributed by atoms with Crippen molar-refractivity contribution in [2.45, 2.75) is 53.2 Å². The van der Waals surface area contributed by atoms with E-state index in [1.165, 1.54) is 5.56 Å². The zero-order valence-corrected chi connectivity index (χ0v) is 12.4. The van der Waals surface area contributed by atoms with E-state index in [-0.39, 0.29) is 0 Å². The second-order valence-electron chi connectivity index (χ2n) is 4.77. The summed E-state index contributed by atoms with van der Waals surface area (Å²) in [6.45, 7) is 12.1. The molecule has 0 aliphatic carbocycles. The molecule has 4 nitrogen and oxygen atoms in total. The summed E-state index contributed by atoms with van der Waals surface area (Å²) in [5, 5.41) is 3.32. The monoisotopic (exact) mass is 251 g/mol. The normalized spacial score (nSPS) is 14.6. The summed E-state index contributed by atoms with van der Waals surface area (Å²) in [6.07, 6.45) is 0.856. The summed E-state index contributed by atoms with van der Waals surface area (Å²) in [5.41, 5.74) is 2.87. The van der Waals surface area contributed by atoms with Crippen LogP contribution < -0.4 is 5.32 Å². The molecule has 1 N–H and O–H groups in total. The third-order valence-electron chi connectivity index (χ3n) is 3.57. The first-order chi connectivity index (χ1) is 8.48. The largest absolute Gasteiger partial charge is 0.371 e. The minimum Gasteiger partial charge on any atom is -0.371 e. The van der Waals surface area contributed by atoms with Gasteiger partial charge in [0.05, 0.1) is 0 Å². The SMILES string of the molecule is CCNCc1c(C)nc(C(C)(CC)OC)nc1C. The Bertz CT molecular complexity index is 377. The molecule has 0 radical (unpaired) electrons. The Hall–Kier alpha value is -1.00. The standard InChI is InChI=1S/C14H25N3O/c1-7-14(5,18-6)13-16-10(3)12(9-15-8-2)11(4)17-13/h15H,7-9H2,1-6H3. The van der Waals surface area contributed by atoms with Gasteiger partial charge in [-0.1, -0.05) is 13.8 Å². The number of hydrogen-bond acceptors (Lipinski definition) is 4. The Balaban J connectivity index is 3.13. The predicted octanol–water partition coefficient (Wildman–Crippen LogP) is 2.47. The van der Waals surface area contributed by atoms with Crippen LogP contribution in [0.4, 0.5) is 0 Å². The van der Waals surface area contributed by atoms with Crippen LogP contribution in [-0.2, 0) is 16.9 Å². The topological polar surface area (TPSA) is 47.0 Å². The van der Waals surface area contributed by atoms with E-state index in [0.717, 1.165) is 36.7 Å². The summed E-state index contributed by atoms with van der Waals surface area (Å²) < 4.78 is 5.56.